The van der Waals surface area contributed by atoms with Crippen LogP contribution in [0.4, 0.5) is 11.4 Å². The summed E-state index contributed by atoms with van der Waals surface area (Å²) in [6.45, 7) is 9.12. The zero-order valence-electron chi connectivity index (χ0n) is 16.6. The van der Waals surface area contributed by atoms with Crippen molar-refractivity contribution in [3.8, 4) is 0 Å². The fourth-order valence-corrected chi connectivity index (χ4v) is 4.85. The molecule has 29 heavy (non-hydrogen) atoms. The number of nitrogens with one attached hydrogen (secondary N) is 1. The molecular formula is C20H23N5O3S. The van der Waals surface area contributed by atoms with Crippen LogP contribution < -0.4 is 10.5 Å². The summed E-state index contributed by atoms with van der Waals surface area (Å²) in [6.07, 6.45) is 0. The van der Waals surface area contributed by atoms with Crippen LogP contribution in [0.25, 0.3) is 10.2 Å². The number of hydrogen-bond acceptors (Lipinski definition) is 7. The SMILES string of the molecule is Cc1sc2nc(C(C)N3CCN(c4cccc([N+](=O)[O-])c4)CC3)[nH]c(=O)c2c1C. The van der Waals surface area contributed by atoms with Crippen LogP contribution in [-0.4, -0.2) is 46.0 Å². The van der Waals surface area contributed by atoms with Crippen LogP contribution in [0.5, 0.6) is 0 Å². The van der Waals surface area contributed by atoms with Gasteiger partial charge in [0.15, 0.2) is 0 Å². The molecule has 0 radical (unpaired) electrons. The number of non-ortho nitro benzene ring substituents is 1. The van der Waals surface area contributed by atoms with Crippen LogP contribution in [-0.2, 0) is 0 Å². The van der Waals surface area contributed by atoms with Gasteiger partial charge in [-0.3, -0.25) is 19.8 Å². The molecule has 4 rings (SSSR count). The largest absolute Gasteiger partial charge is 0.369 e. The Morgan fingerprint density at radius 2 is 1.97 bits per heavy atom. The Labute approximate surface area is 171 Å². The highest BCUT2D eigenvalue weighted by Crippen LogP contribution is 2.28. The van der Waals surface area contributed by atoms with Gasteiger partial charge in [0.2, 0.25) is 0 Å². The second-order valence-corrected chi connectivity index (χ2v) is 8.59. The third kappa shape index (κ3) is 3.63. The van der Waals surface area contributed by atoms with Gasteiger partial charge < -0.3 is 9.88 Å². The molecule has 1 saturated heterocycles. The Kier molecular flexibility index (Phi) is 5.10. The van der Waals surface area contributed by atoms with E-state index in [9.17, 15) is 14.9 Å². The first-order valence-corrected chi connectivity index (χ1v) is 10.4. The number of aromatic nitrogens is 2. The van der Waals surface area contributed by atoms with E-state index in [0.717, 1.165) is 47.1 Å². The number of aryl methyl sites for hydroxylation is 2. The molecular weight excluding hydrogens is 390 g/mol. The van der Waals surface area contributed by atoms with Crippen molar-refractivity contribution >= 4 is 32.9 Å². The Balaban J connectivity index is 1.50. The molecule has 0 saturated carbocycles. The molecule has 3 aromatic rings. The fraction of sp³-hybridized carbons (Fsp3) is 0.400. The molecule has 1 atom stereocenters. The maximum Gasteiger partial charge on any atom is 0.271 e. The highest BCUT2D eigenvalue weighted by Gasteiger charge is 2.25. The van der Waals surface area contributed by atoms with Crippen LogP contribution in [0.1, 0.15) is 29.2 Å². The number of benzene rings is 1. The van der Waals surface area contributed by atoms with E-state index in [-0.39, 0.29) is 22.2 Å². The molecule has 1 aliphatic heterocycles. The predicted octanol–water partition coefficient (Wildman–Crippen LogP) is 3.39. The van der Waals surface area contributed by atoms with Crippen molar-refractivity contribution in [2.75, 3.05) is 31.1 Å². The minimum absolute atomic E-state index is 0.0120. The van der Waals surface area contributed by atoms with Gasteiger partial charge in [0, 0.05) is 48.9 Å². The maximum absolute atomic E-state index is 12.6. The van der Waals surface area contributed by atoms with Gasteiger partial charge in [0.25, 0.3) is 11.2 Å². The summed E-state index contributed by atoms with van der Waals surface area (Å²) < 4.78 is 0. The zero-order valence-corrected chi connectivity index (χ0v) is 17.5. The number of rotatable bonds is 4. The summed E-state index contributed by atoms with van der Waals surface area (Å²) in [7, 11) is 0. The topological polar surface area (TPSA) is 95.4 Å². The minimum atomic E-state index is -0.367. The van der Waals surface area contributed by atoms with Crippen LogP contribution in [0.15, 0.2) is 29.1 Å². The molecule has 1 unspecified atom stereocenters. The summed E-state index contributed by atoms with van der Waals surface area (Å²) in [6, 6.07) is 6.74. The number of aromatic amines is 1. The van der Waals surface area contributed by atoms with E-state index in [2.05, 4.69) is 21.7 Å². The molecule has 1 aromatic carbocycles. The highest BCUT2D eigenvalue weighted by molar-refractivity contribution is 7.18. The van der Waals surface area contributed by atoms with Crippen molar-refractivity contribution in [1.29, 1.82) is 0 Å². The summed E-state index contributed by atoms with van der Waals surface area (Å²) >= 11 is 1.56. The Morgan fingerprint density at radius 1 is 1.24 bits per heavy atom. The van der Waals surface area contributed by atoms with Crippen molar-refractivity contribution in [1.82, 2.24) is 14.9 Å². The molecule has 0 amide bonds. The third-order valence-electron chi connectivity index (χ3n) is 5.72. The lowest BCUT2D eigenvalue weighted by Crippen LogP contribution is -2.47. The van der Waals surface area contributed by atoms with E-state index in [4.69, 9.17) is 4.98 Å². The molecule has 2 aromatic heterocycles. The first kappa shape index (κ1) is 19.5. The highest BCUT2D eigenvalue weighted by atomic mass is 32.1. The van der Waals surface area contributed by atoms with Crippen LogP contribution >= 0.6 is 11.3 Å². The van der Waals surface area contributed by atoms with Crippen LogP contribution in [0.3, 0.4) is 0 Å². The predicted molar refractivity (Wildman–Crippen MR) is 115 cm³/mol. The van der Waals surface area contributed by atoms with E-state index >= 15 is 0 Å². The van der Waals surface area contributed by atoms with E-state index < -0.39 is 0 Å². The average Bonchev–Trinajstić information content (AvgIpc) is 3.01. The lowest BCUT2D eigenvalue weighted by molar-refractivity contribution is -0.384. The second kappa shape index (κ2) is 7.57. The maximum atomic E-state index is 12.6. The fourth-order valence-electron chi connectivity index (χ4n) is 3.81. The van der Waals surface area contributed by atoms with Gasteiger partial charge in [-0.15, -0.1) is 11.3 Å². The number of thiophene rings is 1. The van der Waals surface area contributed by atoms with E-state index in [1.807, 2.05) is 19.9 Å². The van der Waals surface area contributed by atoms with Gasteiger partial charge in [-0.25, -0.2) is 4.98 Å². The lowest BCUT2D eigenvalue weighted by Gasteiger charge is -2.38. The van der Waals surface area contributed by atoms with Gasteiger partial charge >= 0.3 is 0 Å². The molecule has 1 fully saturated rings. The quantitative estimate of drug-likeness (QED) is 0.520. The summed E-state index contributed by atoms with van der Waals surface area (Å²) in [5.74, 6) is 0.688. The zero-order chi connectivity index (χ0) is 20.7. The Bertz CT molecular complexity index is 1130. The number of nitrogens with zero attached hydrogens (tertiary/aromatic N) is 4. The molecule has 0 bridgehead atoms. The van der Waals surface area contributed by atoms with E-state index in [1.54, 1.807) is 23.5 Å². The monoisotopic (exact) mass is 413 g/mol. The minimum Gasteiger partial charge on any atom is -0.369 e. The van der Waals surface area contributed by atoms with Crippen molar-refractivity contribution < 1.29 is 4.92 Å². The third-order valence-corrected chi connectivity index (χ3v) is 6.82. The first-order valence-electron chi connectivity index (χ1n) is 9.58. The standard InChI is InChI=1S/C20H23N5O3S/c1-12-14(3)29-20-17(12)19(26)21-18(22-20)13(2)23-7-9-24(10-8-23)15-5-4-6-16(11-15)25(27)28/h4-6,11,13H,7-10H2,1-3H3,(H,21,22,26). The van der Waals surface area contributed by atoms with Gasteiger partial charge in [-0.1, -0.05) is 6.07 Å². The summed E-state index contributed by atoms with van der Waals surface area (Å²) in [5.41, 5.74) is 1.90. The molecule has 1 aliphatic rings. The molecule has 8 nitrogen and oxygen atoms in total. The molecule has 0 spiro atoms. The Morgan fingerprint density at radius 3 is 2.66 bits per heavy atom. The number of anilines is 1. The number of piperazine rings is 1. The van der Waals surface area contributed by atoms with Crippen LogP contribution in [0.2, 0.25) is 0 Å². The number of hydrogen-bond donors (Lipinski definition) is 1. The molecule has 152 valence electrons. The van der Waals surface area contributed by atoms with E-state index in [0.29, 0.717) is 11.2 Å². The van der Waals surface area contributed by atoms with Gasteiger partial charge in [-0.05, 0) is 32.4 Å². The average molecular weight is 414 g/mol. The number of H-pyrrole nitrogens is 1. The number of nitro benzene ring substituents is 1. The van der Waals surface area contributed by atoms with Crippen molar-refractivity contribution in [3.05, 3.63) is 61.0 Å². The van der Waals surface area contributed by atoms with Gasteiger partial charge in [0.05, 0.1) is 16.4 Å². The number of fused-ring (bicyclic) bond motifs is 1. The van der Waals surface area contributed by atoms with Crippen molar-refractivity contribution in [2.24, 2.45) is 0 Å². The number of nitro groups is 1. The van der Waals surface area contributed by atoms with Gasteiger partial charge in [0.1, 0.15) is 10.7 Å². The second-order valence-electron chi connectivity index (χ2n) is 7.39. The summed E-state index contributed by atoms with van der Waals surface area (Å²) in [5, 5.41) is 11.7. The van der Waals surface area contributed by atoms with Gasteiger partial charge in [-0.2, -0.15) is 0 Å². The summed E-state index contributed by atoms with van der Waals surface area (Å²) in [4.78, 5) is 37.3. The first-order chi connectivity index (χ1) is 13.8. The van der Waals surface area contributed by atoms with E-state index in [1.165, 1.54) is 6.07 Å². The molecule has 0 aliphatic carbocycles. The smallest absolute Gasteiger partial charge is 0.271 e. The van der Waals surface area contributed by atoms with Crippen molar-refractivity contribution in [3.63, 3.8) is 0 Å². The normalized spacial score (nSPS) is 16.3. The lowest BCUT2D eigenvalue weighted by atomic mass is 10.1. The molecule has 1 N–H and O–H groups in total. The van der Waals surface area contributed by atoms with Crippen molar-refractivity contribution in [2.45, 2.75) is 26.8 Å². The molecule has 9 heteroatoms. The Hall–Kier alpha value is -2.78. The molecule has 3 heterocycles. The van der Waals surface area contributed by atoms with Crippen LogP contribution in [0, 0.1) is 24.0 Å².